The van der Waals surface area contributed by atoms with Crippen LogP contribution in [0.2, 0.25) is 5.02 Å². The summed E-state index contributed by atoms with van der Waals surface area (Å²) < 4.78 is 4.80. The van der Waals surface area contributed by atoms with E-state index < -0.39 is 0 Å². The summed E-state index contributed by atoms with van der Waals surface area (Å²) in [6.07, 6.45) is 0. The molecule has 0 radical (unpaired) electrons. The first-order chi connectivity index (χ1) is 6.70. The number of nitrogens with two attached hydrogens (primary N) is 1. The lowest BCUT2D eigenvalue weighted by molar-refractivity contribution is 0.439. The van der Waals surface area contributed by atoms with Gasteiger partial charge in [0.15, 0.2) is 0 Å². The number of halogens is 1. The average Bonchev–Trinajstić information content (AvgIpc) is 2.49. The van der Waals surface area contributed by atoms with E-state index in [9.17, 15) is 0 Å². The summed E-state index contributed by atoms with van der Waals surface area (Å²) in [7, 11) is 0. The summed E-state index contributed by atoms with van der Waals surface area (Å²) >= 11 is 5.93. The first-order valence-electron chi connectivity index (χ1n) is 4.17. The van der Waals surface area contributed by atoms with Crippen molar-refractivity contribution in [2.24, 2.45) is 0 Å². The number of benzene rings is 1. The van der Waals surface area contributed by atoms with Crippen LogP contribution in [0.1, 0.15) is 5.56 Å². The quantitative estimate of drug-likeness (QED) is 0.784. The van der Waals surface area contributed by atoms with Crippen molar-refractivity contribution in [2.45, 2.75) is 6.92 Å². The van der Waals surface area contributed by atoms with Gasteiger partial charge in [-0.3, -0.25) is 0 Å². The third-order valence-electron chi connectivity index (χ3n) is 2.06. The van der Waals surface area contributed by atoms with E-state index in [-0.39, 0.29) is 5.88 Å². The van der Waals surface area contributed by atoms with Crippen LogP contribution in [0.15, 0.2) is 28.8 Å². The first-order valence-corrected chi connectivity index (χ1v) is 4.54. The maximum atomic E-state index is 5.93. The molecule has 1 aromatic carbocycles. The minimum atomic E-state index is 0.157. The Bertz CT molecular complexity index is 465. The number of aryl methyl sites for hydroxylation is 1. The fourth-order valence-electron chi connectivity index (χ4n) is 1.30. The second-order valence-corrected chi connectivity index (χ2v) is 3.40. The van der Waals surface area contributed by atoms with Crippen molar-refractivity contribution in [3.63, 3.8) is 0 Å². The molecule has 3 nitrogen and oxygen atoms in total. The van der Waals surface area contributed by atoms with E-state index in [1.165, 1.54) is 0 Å². The van der Waals surface area contributed by atoms with Crippen LogP contribution in [0.3, 0.4) is 0 Å². The summed E-state index contributed by atoms with van der Waals surface area (Å²) in [6, 6.07) is 7.79. The Labute approximate surface area is 86.5 Å². The second-order valence-electron chi connectivity index (χ2n) is 3.02. The molecule has 0 spiro atoms. The number of nitrogens with zero attached hydrogens (tertiary/aromatic N) is 1. The highest BCUT2D eigenvalue weighted by molar-refractivity contribution is 6.35. The summed E-state index contributed by atoms with van der Waals surface area (Å²) in [5, 5.41) is 4.19. The number of rotatable bonds is 1. The van der Waals surface area contributed by atoms with E-state index in [1.807, 2.05) is 31.2 Å². The predicted octanol–water partition coefficient (Wildman–Crippen LogP) is 2.89. The number of nitrogen functional groups attached to an aromatic ring is 1. The maximum Gasteiger partial charge on any atom is 0.241 e. The van der Waals surface area contributed by atoms with Crippen molar-refractivity contribution in [1.29, 1.82) is 0 Å². The van der Waals surface area contributed by atoms with Crippen LogP contribution in [0.5, 0.6) is 0 Å². The Hall–Kier alpha value is -1.48. The van der Waals surface area contributed by atoms with Crippen LogP contribution in [-0.4, -0.2) is 5.16 Å². The minimum Gasteiger partial charge on any atom is -0.366 e. The lowest BCUT2D eigenvalue weighted by Crippen LogP contribution is -1.84. The van der Waals surface area contributed by atoms with Gasteiger partial charge in [0.05, 0.1) is 0 Å². The summed E-state index contributed by atoms with van der Waals surface area (Å²) in [5.41, 5.74) is 8.09. The molecule has 1 aromatic heterocycles. The van der Waals surface area contributed by atoms with Crippen LogP contribution in [-0.2, 0) is 0 Å². The predicted molar refractivity (Wildman–Crippen MR) is 56.1 cm³/mol. The van der Waals surface area contributed by atoms with Gasteiger partial charge in [0, 0.05) is 5.56 Å². The van der Waals surface area contributed by atoms with Gasteiger partial charge in [0.2, 0.25) is 5.88 Å². The largest absolute Gasteiger partial charge is 0.366 e. The number of aromatic nitrogens is 1. The standard InChI is InChI=1S/C10H9ClN2O/c1-6-4-2-3-5-7(6)9-8(11)10(12)14-13-9/h2-5H,12H2,1H3. The van der Waals surface area contributed by atoms with Crippen molar-refractivity contribution in [2.75, 3.05) is 5.73 Å². The van der Waals surface area contributed by atoms with Crippen molar-refractivity contribution < 1.29 is 4.52 Å². The van der Waals surface area contributed by atoms with Crippen LogP contribution in [0.25, 0.3) is 11.3 Å². The van der Waals surface area contributed by atoms with Gasteiger partial charge in [0.25, 0.3) is 0 Å². The number of hydrogen-bond acceptors (Lipinski definition) is 3. The van der Waals surface area contributed by atoms with Crippen LogP contribution < -0.4 is 5.73 Å². The van der Waals surface area contributed by atoms with Gasteiger partial charge >= 0.3 is 0 Å². The van der Waals surface area contributed by atoms with Gasteiger partial charge in [-0.15, -0.1) is 0 Å². The van der Waals surface area contributed by atoms with Crippen LogP contribution in [0.4, 0.5) is 5.88 Å². The van der Waals surface area contributed by atoms with Crippen LogP contribution in [0, 0.1) is 6.92 Å². The molecule has 4 heteroatoms. The number of anilines is 1. The Morgan fingerprint density at radius 1 is 1.36 bits per heavy atom. The fraction of sp³-hybridized carbons (Fsp3) is 0.100. The topological polar surface area (TPSA) is 52.0 Å². The van der Waals surface area contributed by atoms with Crippen LogP contribution >= 0.6 is 11.6 Å². The van der Waals surface area contributed by atoms with E-state index in [0.717, 1.165) is 11.1 Å². The zero-order valence-corrected chi connectivity index (χ0v) is 8.38. The summed E-state index contributed by atoms with van der Waals surface area (Å²) in [5.74, 6) is 0.157. The van der Waals surface area contributed by atoms with E-state index in [0.29, 0.717) is 10.7 Å². The van der Waals surface area contributed by atoms with Gasteiger partial charge in [-0.1, -0.05) is 41.0 Å². The van der Waals surface area contributed by atoms with E-state index in [4.69, 9.17) is 21.9 Å². The molecule has 1 heterocycles. The average molecular weight is 209 g/mol. The molecule has 72 valence electrons. The second kappa shape index (κ2) is 3.35. The molecule has 0 aliphatic carbocycles. The molecule has 0 fully saturated rings. The molecule has 0 aliphatic heterocycles. The van der Waals surface area contributed by atoms with E-state index >= 15 is 0 Å². The van der Waals surface area contributed by atoms with E-state index in [2.05, 4.69) is 5.16 Å². The Morgan fingerprint density at radius 2 is 2.07 bits per heavy atom. The maximum absolute atomic E-state index is 5.93. The lowest BCUT2D eigenvalue weighted by atomic mass is 10.1. The Morgan fingerprint density at radius 3 is 2.64 bits per heavy atom. The SMILES string of the molecule is Cc1ccccc1-c1noc(N)c1Cl. The van der Waals surface area contributed by atoms with E-state index in [1.54, 1.807) is 0 Å². The highest BCUT2D eigenvalue weighted by Gasteiger charge is 2.14. The molecular formula is C10H9ClN2O. The molecule has 0 saturated carbocycles. The van der Waals surface area contributed by atoms with Gasteiger partial charge in [0.1, 0.15) is 10.7 Å². The molecule has 0 unspecified atom stereocenters. The van der Waals surface area contributed by atoms with Crippen molar-refractivity contribution in [1.82, 2.24) is 5.16 Å². The van der Waals surface area contributed by atoms with Crippen molar-refractivity contribution in [3.8, 4) is 11.3 Å². The molecule has 0 aliphatic rings. The molecule has 2 aromatic rings. The summed E-state index contributed by atoms with van der Waals surface area (Å²) in [6.45, 7) is 1.98. The minimum absolute atomic E-state index is 0.157. The molecule has 2 rings (SSSR count). The van der Waals surface area contributed by atoms with Gasteiger partial charge in [-0.05, 0) is 12.5 Å². The smallest absolute Gasteiger partial charge is 0.241 e. The molecule has 0 saturated heterocycles. The molecule has 0 amide bonds. The van der Waals surface area contributed by atoms with Gasteiger partial charge in [-0.25, -0.2) is 0 Å². The van der Waals surface area contributed by atoms with Gasteiger partial charge < -0.3 is 10.3 Å². The first kappa shape index (κ1) is 9.09. The molecule has 2 N–H and O–H groups in total. The Balaban J connectivity index is 2.60. The van der Waals surface area contributed by atoms with Crippen molar-refractivity contribution >= 4 is 17.5 Å². The monoisotopic (exact) mass is 208 g/mol. The third kappa shape index (κ3) is 1.36. The zero-order valence-electron chi connectivity index (χ0n) is 7.62. The fourth-order valence-corrected chi connectivity index (χ4v) is 1.47. The zero-order chi connectivity index (χ0) is 10.1. The van der Waals surface area contributed by atoms with Gasteiger partial charge in [-0.2, -0.15) is 0 Å². The lowest BCUT2D eigenvalue weighted by Gasteiger charge is -2.00. The third-order valence-corrected chi connectivity index (χ3v) is 2.42. The highest BCUT2D eigenvalue weighted by atomic mass is 35.5. The summed E-state index contributed by atoms with van der Waals surface area (Å²) in [4.78, 5) is 0. The Kier molecular flexibility index (Phi) is 2.17. The van der Waals surface area contributed by atoms with Crippen molar-refractivity contribution in [3.05, 3.63) is 34.9 Å². The molecule has 14 heavy (non-hydrogen) atoms. The normalized spacial score (nSPS) is 10.4. The molecule has 0 bridgehead atoms. The number of hydrogen-bond donors (Lipinski definition) is 1. The molecular weight excluding hydrogens is 200 g/mol. The molecule has 0 atom stereocenters. The highest BCUT2D eigenvalue weighted by Crippen LogP contribution is 2.32.